The summed E-state index contributed by atoms with van der Waals surface area (Å²) < 4.78 is 1.79. The molecule has 18 heavy (non-hydrogen) atoms. The molecule has 0 aliphatic carbocycles. The first-order valence-electron chi connectivity index (χ1n) is 5.43. The van der Waals surface area contributed by atoms with Crippen LogP contribution in [0.1, 0.15) is 5.69 Å². The lowest BCUT2D eigenvalue weighted by Gasteiger charge is -1.99. The second kappa shape index (κ2) is 4.26. The van der Waals surface area contributed by atoms with Crippen molar-refractivity contribution in [3.8, 4) is 11.4 Å². The number of fused-ring (bicyclic) bond motifs is 1. The summed E-state index contributed by atoms with van der Waals surface area (Å²) in [6.45, 7) is 1.98. The Morgan fingerprint density at radius 1 is 1.11 bits per heavy atom. The molecule has 1 aromatic carbocycles. The van der Waals surface area contributed by atoms with E-state index in [1.807, 2.05) is 31.2 Å². The normalized spacial score (nSPS) is 11.1. The highest BCUT2D eigenvalue weighted by Gasteiger charge is 2.11. The fraction of sp³-hybridized carbons (Fsp3) is 0.0769. The van der Waals surface area contributed by atoms with Gasteiger partial charge in [-0.1, -0.05) is 29.3 Å². The summed E-state index contributed by atoms with van der Waals surface area (Å²) in [5.74, 6) is 0.603. The number of aryl methyl sites for hydroxylation is 1. The zero-order valence-electron chi connectivity index (χ0n) is 9.56. The first-order valence-corrected chi connectivity index (χ1v) is 6.18. The van der Waals surface area contributed by atoms with Crippen LogP contribution >= 0.6 is 23.2 Å². The number of nitrogens with zero attached hydrogens (tertiary/aromatic N) is 3. The summed E-state index contributed by atoms with van der Waals surface area (Å²) in [7, 11) is 0. The molecular formula is C13H9Cl2N3. The minimum atomic E-state index is 0.552. The van der Waals surface area contributed by atoms with Crippen molar-refractivity contribution >= 4 is 28.8 Å². The van der Waals surface area contributed by atoms with Crippen molar-refractivity contribution in [2.45, 2.75) is 6.92 Å². The lowest BCUT2D eigenvalue weighted by atomic mass is 10.2. The Morgan fingerprint density at radius 2 is 1.94 bits per heavy atom. The molecule has 0 radical (unpaired) electrons. The molecule has 0 aliphatic heterocycles. The first kappa shape index (κ1) is 11.5. The lowest BCUT2D eigenvalue weighted by Crippen LogP contribution is -1.92. The molecule has 0 atom stereocenters. The van der Waals surface area contributed by atoms with E-state index in [-0.39, 0.29) is 0 Å². The van der Waals surface area contributed by atoms with Crippen LogP contribution in [-0.2, 0) is 0 Å². The first-order chi connectivity index (χ1) is 8.65. The van der Waals surface area contributed by atoms with E-state index >= 15 is 0 Å². The van der Waals surface area contributed by atoms with Crippen molar-refractivity contribution in [1.29, 1.82) is 0 Å². The topological polar surface area (TPSA) is 30.2 Å². The van der Waals surface area contributed by atoms with Crippen LogP contribution in [0.3, 0.4) is 0 Å². The van der Waals surface area contributed by atoms with E-state index in [9.17, 15) is 0 Å². The van der Waals surface area contributed by atoms with E-state index in [1.165, 1.54) is 0 Å². The third-order valence-electron chi connectivity index (χ3n) is 2.72. The van der Waals surface area contributed by atoms with Crippen molar-refractivity contribution in [2.24, 2.45) is 0 Å². The van der Waals surface area contributed by atoms with E-state index in [4.69, 9.17) is 23.2 Å². The van der Waals surface area contributed by atoms with E-state index in [1.54, 1.807) is 16.6 Å². The highest BCUT2D eigenvalue weighted by atomic mass is 35.5. The number of aromatic nitrogens is 3. The van der Waals surface area contributed by atoms with Gasteiger partial charge in [0.05, 0.1) is 5.02 Å². The number of benzene rings is 1. The number of halogens is 2. The van der Waals surface area contributed by atoms with Crippen LogP contribution in [0.15, 0.2) is 36.4 Å². The Bertz CT molecular complexity index is 734. The molecule has 3 aromatic rings. The van der Waals surface area contributed by atoms with Gasteiger partial charge in [0.25, 0.3) is 0 Å². The molecule has 0 bridgehead atoms. The van der Waals surface area contributed by atoms with Gasteiger partial charge in [0, 0.05) is 16.3 Å². The molecule has 0 saturated heterocycles. The van der Waals surface area contributed by atoms with Gasteiger partial charge in [-0.05, 0) is 37.3 Å². The Kier molecular flexibility index (Phi) is 2.73. The molecule has 3 nitrogen and oxygen atoms in total. The van der Waals surface area contributed by atoms with Crippen LogP contribution in [0.5, 0.6) is 0 Å². The molecule has 0 unspecified atom stereocenters. The number of hydrogen-bond acceptors (Lipinski definition) is 2. The standard InChI is InChI=1S/C13H9Cl2N3/c1-8-3-2-4-12-16-13(17-18(8)12)10-6-5-9(14)7-11(10)15/h2-7H,1H3. The highest BCUT2D eigenvalue weighted by Crippen LogP contribution is 2.28. The predicted molar refractivity (Wildman–Crippen MR) is 73.2 cm³/mol. The van der Waals surface area contributed by atoms with Gasteiger partial charge in [-0.2, -0.15) is 0 Å². The number of pyridine rings is 1. The van der Waals surface area contributed by atoms with Crippen molar-refractivity contribution in [3.63, 3.8) is 0 Å². The van der Waals surface area contributed by atoms with E-state index in [0.29, 0.717) is 15.9 Å². The van der Waals surface area contributed by atoms with Crippen LogP contribution in [-0.4, -0.2) is 14.6 Å². The minimum absolute atomic E-state index is 0.552. The molecule has 0 aliphatic rings. The van der Waals surface area contributed by atoms with Gasteiger partial charge in [-0.3, -0.25) is 0 Å². The minimum Gasteiger partial charge on any atom is -0.218 e. The Hall–Kier alpha value is -1.58. The highest BCUT2D eigenvalue weighted by molar-refractivity contribution is 6.36. The Morgan fingerprint density at radius 3 is 2.67 bits per heavy atom. The monoisotopic (exact) mass is 277 g/mol. The summed E-state index contributed by atoms with van der Waals surface area (Å²) in [6, 6.07) is 11.1. The maximum Gasteiger partial charge on any atom is 0.183 e. The maximum atomic E-state index is 6.16. The van der Waals surface area contributed by atoms with Crippen LogP contribution < -0.4 is 0 Å². The third kappa shape index (κ3) is 1.85. The SMILES string of the molecule is Cc1cccc2nc(-c3ccc(Cl)cc3Cl)nn12. The molecular weight excluding hydrogens is 269 g/mol. The van der Waals surface area contributed by atoms with Gasteiger partial charge in [0.2, 0.25) is 0 Å². The average Bonchev–Trinajstić information content (AvgIpc) is 2.74. The molecule has 0 N–H and O–H groups in total. The van der Waals surface area contributed by atoms with E-state index in [2.05, 4.69) is 10.1 Å². The van der Waals surface area contributed by atoms with Gasteiger partial charge in [0.1, 0.15) is 0 Å². The molecule has 0 saturated carbocycles. The number of hydrogen-bond donors (Lipinski definition) is 0. The molecule has 0 fully saturated rings. The molecule has 90 valence electrons. The lowest BCUT2D eigenvalue weighted by molar-refractivity contribution is 0.918. The third-order valence-corrected chi connectivity index (χ3v) is 3.27. The predicted octanol–water partition coefficient (Wildman–Crippen LogP) is 4.01. The second-order valence-electron chi connectivity index (χ2n) is 4.00. The maximum absolute atomic E-state index is 6.16. The molecule has 2 aromatic heterocycles. The Balaban J connectivity index is 2.23. The van der Waals surface area contributed by atoms with Crippen LogP contribution in [0.4, 0.5) is 0 Å². The second-order valence-corrected chi connectivity index (χ2v) is 4.84. The summed E-state index contributed by atoms with van der Waals surface area (Å²) in [5.41, 5.74) is 2.61. The summed E-state index contributed by atoms with van der Waals surface area (Å²) in [6.07, 6.45) is 0. The molecule has 0 spiro atoms. The van der Waals surface area contributed by atoms with Gasteiger partial charge in [-0.25, -0.2) is 9.50 Å². The fourth-order valence-electron chi connectivity index (χ4n) is 1.82. The number of rotatable bonds is 1. The molecule has 2 heterocycles. The smallest absolute Gasteiger partial charge is 0.183 e. The van der Waals surface area contributed by atoms with Crippen molar-refractivity contribution in [2.75, 3.05) is 0 Å². The van der Waals surface area contributed by atoms with Crippen molar-refractivity contribution in [1.82, 2.24) is 14.6 Å². The van der Waals surface area contributed by atoms with Gasteiger partial charge in [0.15, 0.2) is 11.5 Å². The zero-order valence-corrected chi connectivity index (χ0v) is 11.1. The van der Waals surface area contributed by atoms with Gasteiger partial charge >= 0.3 is 0 Å². The summed E-state index contributed by atoms with van der Waals surface area (Å²) in [5, 5.41) is 5.60. The Labute approximate surface area is 114 Å². The molecule has 5 heteroatoms. The van der Waals surface area contributed by atoms with Crippen molar-refractivity contribution in [3.05, 3.63) is 52.1 Å². The van der Waals surface area contributed by atoms with Crippen LogP contribution in [0.25, 0.3) is 17.0 Å². The van der Waals surface area contributed by atoms with Crippen LogP contribution in [0, 0.1) is 6.92 Å². The van der Waals surface area contributed by atoms with Gasteiger partial charge < -0.3 is 0 Å². The average molecular weight is 278 g/mol. The molecule has 0 amide bonds. The van der Waals surface area contributed by atoms with Gasteiger partial charge in [-0.15, -0.1) is 5.10 Å². The van der Waals surface area contributed by atoms with E-state index < -0.39 is 0 Å². The zero-order chi connectivity index (χ0) is 12.7. The van der Waals surface area contributed by atoms with E-state index in [0.717, 1.165) is 16.9 Å². The molecule has 3 rings (SSSR count). The summed E-state index contributed by atoms with van der Waals surface area (Å²) >= 11 is 12.0. The van der Waals surface area contributed by atoms with Crippen molar-refractivity contribution < 1.29 is 0 Å². The largest absolute Gasteiger partial charge is 0.218 e. The fourth-order valence-corrected chi connectivity index (χ4v) is 2.31. The quantitative estimate of drug-likeness (QED) is 0.673. The van der Waals surface area contributed by atoms with Crippen LogP contribution in [0.2, 0.25) is 10.0 Å². The summed E-state index contributed by atoms with van der Waals surface area (Å²) in [4.78, 5) is 4.46.